The van der Waals surface area contributed by atoms with Crippen LogP contribution in [0.15, 0.2) is 12.7 Å². The lowest BCUT2D eigenvalue weighted by Crippen LogP contribution is -2.33. The zero-order chi connectivity index (χ0) is 14.5. The number of anilines is 1. The molecule has 1 N–H and O–H groups in total. The van der Waals surface area contributed by atoms with E-state index in [1.165, 1.54) is 17.3 Å². The fraction of sp³-hybridized carbons (Fsp3) is 0.444. The maximum absolute atomic E-state index is 12.5. The van der Waals surface area contributed by atoms with Gasteiger partial charge in [0.15, 0.2) is 0 Å². The van der Waals surface area contributed by atoms with Crippen LogP contribution >= 0.6 is 11.6 Å². The molecule has 20 heavy (non-hydrogen) atoms. The highest BCUT2D eigenvalue weighted by Crippen LogP contribution is 2.14. The molecule has 0 aliphatic carbocycles. The van der Waals surface area contributed by atoms with E-state index in [0.29, 0.717) is 0 Å². The van der Waals surface area contributed by atoms with Crippen molar-refractivity contribution < 1.29 is 13.9 Å². The first-order valence-electron chi connectivity index (χ1n) is 5.50. The Balaban J connectivity index is 2.34. The molecule has 11 heteroatoms. The van der Waals surface area contributed by atoms with Gasteiger partial charge in [0.25, 0.3) is 12.4 Å². The Bertz CT molecular complexity index is 553. The van der Waals surface area contributed by atoms with Crippen LogP contribution in [0.1, 0.15) is 0 Å². The number of aliphatic hydroxyl groups excluding tert-OH is 1. The normalized spacial score (nSPS) is 11.1. The average molecular weight is 306 g/mol. The van der Waals surface area contributed by atoms with Crippen LogP contribution in [0.3, 0.4) is 0 Å². The fourth-order valence-electron chi connectivity index (χ4n) is 1.45. The number of hydrogen-bond acceptors (Lipinski definition) is 7. The first kappa shape index (κ1) is 14.5. The summed E-state index contributed by atoms with van der Waals surface area (Å²) in [5.74, 6) is -0.0143. The molecule has 8 nitrogen and oxygen atoms in total. The van der Waals surface area contributed by atoms with Gasteiger partial charge in [-0.1, -0.05) is 0 Å². The van der Waals surface area contributed by atoms with Gasteiger partial charge in [-0.25, -0.2) is 13.8 Å². The third kappa shape index (κ3) is 3.54. The maximum atomic E-state index is 12.5. The molecule has 0 bridgehead atoms. The second-order valence-corrected chi connectivity index (χ2v) is 3.94. The van der Waals surface area contributed by atoms with E-state index in [4.69, 9.17) is 16.7 Å². The van der Waals surface area contributed by atoms with Gasteiger partial charge >= 0.3 is 0 Å². The number of halogens is 3. The van der Waals surface area contributed by atoms with Crippen molar-refractivity contribution in [2.75, 3.05) is 24.6 Å². The molecule has 0 spiro atoms. The lowest BCUT2D eigenvalue weighted by molar-refractivity contribution is 0.152. The summed E-state index contributed by atoms with van der Waals surface area (Å²) >= 11 is 5.75. The summed E-state index contributed by atoms with van der Waals surface area (Å²) in [7, 11) is 0. The topological polar surface area (TPSA) is 92.8 Å². The Morgan fingerprint density at radius 2 is 2.15 bits per heavy atom. The number of rotatable bonds is 6. The van der Waals surface area contributed by atoms with E-state index in [2.05, 4.69) is 25.0 Å². The molecule has 108 valence electrons. The molecule has 0 unspecified atom stereocenters. The average Bonchev–Trinajstić information content (AvgIpc) is 2.91. The van der Waals surface area contributed by atoms with Crippen LogP contribution in [0.4, 0.5) is 14.7 Å². The van der Waals surface area contributed by atoms with Gasteiger partial charge in [-0.3, -0.25) is 0 Å². The Labute approximate surface area is 117 Å². The van der Waals surface area contributed by atoms with Gasteiger partial charge in [-0.2, -0.15) is 24.7 Å². The second-order valence-electron chi connectivity index (χ2n) is 3.61. The van der Waals surface area contributed by atoms with Crippen molar-refractivity contribution in [3.05, 3.63) is 17.9 Å². The molecule has 0 saturated heterocycles. The molecule has 0 aliphatic rings. The van der Waals surface area contributed by atoms with Crippen molar-refractivity contribution in [1.29, 1.82) is 0 Å². The van der Waals surface area contributed by atoms with Crippen LogP contribution in [-0.4, -0.2) is 60.9 Å². The molecule has 2 aromatic heterocycles. The summed E-state index contributed by atoms with van der Waals surface area (Å²) in [6.45, 7) is -1.01. The van der Waals surface area contributed by atoms with Gasteiger partial charge in [0, 0.05) is 6.54 Å². The monoisotopic (exact) mass is 305 g/mol. The quantitative estimate of drug-likeness (QED) is 0.813. The van der Waals surface area contributed by atoms with E-state index in [-0.39, 0.29) is 30.3 Å². The van der Waals surface area contributed by atoms with E-state index in [1.807, 2.05) is 0 Å². The summed E-state index contributed by atoms with van der Waals surface area (Å²) in [4.78, 5) is 16.4. The Kier molecular flexibility index (Phi) is 4.69. The summed E-state index contributed by atoms with van der Waals surface area (Å²) in [5, 5.41) is 12.6. The summed E-state index contributed by atoms with van der Waals surface area (Å²) < 4.78 is 26.2. The lowest BCUT2D eigenvalue weighted by atomic mass is 10.5. The number of aliphatic hydroxyl groups is 1. The fourth-order valence-corrected chi connectivity index (χ4v) is 1.60. The zero-order valence-electron chi connectivity index (χ0n) is 10.1. The largest absolute Gasteiger partial charge is 0.395 e. The van der Waals surface area contributed by atoms with E-state index in [0.717, 1.165) is 4.90 Å². The SMILES string of the molecule is OCCN(CC(F)F)c1nc(Cl)nc(-n2cncn2)n1. The maximum Gasteiger partial charge on any atom is 0.258 e. The van der Waals surface area contributed by atoms with Crippen molar-refractivity contribution in [2.45, 2.75) is 6.43 Å². The van der Waals surface area contributed by atoms with Gasteiger partial charge in [-0.05, 0) is 11.6 Å². The Morgan fingerprint density at radius 1 is 1.35 bits per heavy atom. The van der Waals surface area contributed by atoms with Crippen molar-refractivity contribution >= 4 is 17.5 Å². The molecule has 0 radical (unpaired) electrons. The van der Waals surface area contributed by atoms with E-state index >= 15 is 0 Å². The van der Waals surface area contributed by atoms with E-state index < -0.39 is 13.0 Å². The lowest BCUT2D eigenvalue weighted by Gasteiger charge is -2.21. The molecule has 2 heterocycles. The van der Waals surface area contributed by atoms with Gasteiger partial charge in [0.05, 0.1) is 13.2 Å². The van der Waals surface area contributed by atoms with E-state index in [1.54, 1.807) is 0 Å². The van der Waals surface area contributed by atoms with Crippen LogP contribution in [0.25, 0.3) is 5.95 Å². The zero-order valence-corrected chi connectivity index (χ0v) is 10.8. The van der Waals surface area contributed by atoms with Crippen molar-refractivity contribution in [2.24, 2.45) is 0 Å². The van der Waals surface area contributed by atoms with Gasteiger partial charge in [0.1, 0.15) is 12.7 Å². The minimum atomic E-state index is -2.60. The predicted molar refractivity (Wildman–Crippen MR) is 65.1 cm³/mol. The van der Waals surface area contributed by atoms with Crippen LogP contribution in [0.5, 0.6) is 0 Å². The molecule has 0 saturated carbocycles. The molecule has 0 amide bonds. The number of nitrogens with zero attached hydrogens (tertiary/aromatic N) is 7. The number of alkyl halides is 2. The van der Waals surface area contributed by atoms with Crippen molar-refractivity contribution in [3.63, 3.8) is 0 Å². The molecule has 0 aliphatic heterocycles. The van der Waals surface area contributed by atoms with Crippen molar-refractivity contribution in [1.82, 2.24) is 29.7 Å². The first-order chi connectivity index (χ1) is 9.60. The minimum absolute atomic E-state index is 0.0507. The number of hydrogen-bond donors (Lipinski definition) is 1. The van der Waals surface area contributed by atoms with Crippen LogP contribution in [-0.2, 0) is 0 Å². The molecular weight excluding hydrogens is 296 g/mol. The van der Waals surface area contributed by atoms with Crippen LogP contribution in [0, 0.1) is 0 Å². The second kappa shape index (κ2) is 6.48. The number of aromatic nitrogens is 6. The Hall–Kier alpha value is -1.94. The smallest absolute Gasteiger partial charge is 0.258 e. The molecule has 2 aromatic rings. The van der Waals surface area contributed by atoms with Gasteiger partial charge in [0.2, 0.25) is 11.2 Å². The molecular formula is C9H10ClF2N7O. The summed E-state index contributed by atoms with van der Waals surface area (Å²) in [6.07, 6.45) is -0.00654. The highest BCUT2D eigenvalue weighted by Gasteiger charge is 2.17. The van der Waals surface area contributed by atoms with Gasteiger partial charge in [-0.15, -0.1) is 0 Å². The predicted octanol–water partition coefficient (Wildman–Crippen LogP) is 0.169. The van der Waals surface area contributed by atoms with Gasteiger partial charge < -0.3 is 10.0 Å². The molecule has 0 atom stereocenters. The highest BCUT2D eigenvalue weighted by molar-refractivity contribution is 6.28. The van der Waals surface area contributed by atoms with Crippen molar-refractivity contribution in [3.8, 4) is 5.95 Å². The van der Waals surface area contributed by atoms with Crippen LogP contribution in [0.2, 0.25) is 5.28 Å². The minimum Gasteiger partial charge on any atom is -0.395 e. The molecule has 2 rings (SSSR count). The molecule has 0 aromatic carbocycles. The Morgan fingerprint density at radius 3 is 2.75 bits per heavy atom. The highest BCUT2D eigenvalue weighted by atomic mass is 35.5. The third-order valence-electron chi connectivity index (χ3n) is 2.22. The third-order valence-corrected chi connectivity index (χ3v) is 2.39. The first-order valence-corrected chi connectivity index (χ1v) is 5.88. The van der Waals surface area contributed by atoms with E-state index in [9.17, 15) is 8.78 Å². The summed E-state index contributed by atoms with van der Waals surface area (Å²) in [5.41, 5.74) is 0. The molecule has 0 fully saturated rings. The van der Waals surface area contributed by atoms with Crippen LogP contribution < -0.4 is 4.90 Å². The summed E-state index contributed by atoms with van der Waals surface area (Å²) in [6, 6.07) is 0. The standard InChI is InChI=1S/C9H10ClF2N7O/c10-7-15-8(18(1-2-20)3-6(11)12)17-9(16-7)19-5-13-4-14-19/h4-6,20H,1-3H2.